The van der Waals surface area contributed by atoms with Gasteiger partial charge in [-0.2, -0.15) is 0 Å². The van der Waals surface area contributed by atoms with Crippen LogP contribution in [0, 0.1) is 0 Å². The van der Waals surface area contributed by atoms with E-state index in [0.717, 1.165) is 0 Å². The van der Waals surface area contributed by atoms with Crippen molar-refractivity contribution in [2.75, 3.05) is 13.4 Å². The second kappa shape index (κ2) is 1.93. The molecule has 1 aliphatic rings. The number of hydrogen-bond acceptors (Lipinski definition) is 3. The van der Waals surface area contributed by atoms with Crippen LogP contribution in [-0.4, -0.2) is 19.4 Å². The van der Waals surface area contributed by atoms with Gasteiger partial charge in [0.25, 0.3) is 0 Å². The van der Waals surface area contributed by atoms with Gasteiger partial charge in [0, 0.05) is 0 Å². The molecule has 0 saturated carbocycles. The minimum Gasteiger partial charge on any atom is -0.438 e. The fourth-order valence-corrected chi connectivity index (χ4v) is 0.394. The van der Waals surface area contributed by atoms with Gasteiger partial charge < -0.3 is 9.47 Å². The summed E-state index contributed by atoms with van der Waals surface area (Å²) in [6, 6.07) is 0. The highest BCUT2D eigenvalue weighted by molar-refractivity contribution is 5.69. The monoisotopic (exact) mass is 102 g/mol. The zero-order valence-corrected chi connectivity index (χ0v) is 3.85. The minimum absolute atomic E-state index is 0.138. The van der Waals surface area contributed by atoms with E-state index in [1.54, 1.807) is 0 Å². The number of carbonyl (C=O) groups excluding carboxylic acids is 1. The lowest BCUT2D eigenvalue weighted by Crippen LogP contribution is -2.17. The van der Waals surface area contributed by atoms with Crippen molar-refractivity contribution in [3.05, 3.63) is 0 Å². The Morgan fingerprint density at radius 1 is 1.57 bits per heavy atom. The van der Waals surface area contributed by atoms with Gasteiger partial charge in [-0.1, -0.05) is 0 Å². The predicted molar refractivity (Wildman–Crippen MR) is 21.5 cm³/mol. The van der Waals surface area contributed by atoms with Crippen LogP contribution in [0.3, 0.4) is 0 Å². The summed E-state index contributed by atoms with van der Waals surface area (Å²) in [5, 5.41) is 0. The molecule has 3 nitrogen and oxygen atoms in total. The molecule has 0 atom stereocenters. The SMILES string of the molecule is O=C1CCOCO1. The second-order valence-corrected chi connectivity index (χ2v) is 1.29. The van der Waals surface area contributed by atoms with Crippen molar-refractivity contribution < 1.29 is 14.3 Å². The van der Waals surface area contributed by atoms with E-state index in [2.05, 4.69) is 4.74 Å². The molecule has 40 valence electrons. The third-order valence-electron chi connectivity index (χ3n) is 0.754. The van der Waals surface area contributed by atoms with Gasteiger partial charge in [0.05, 0.1) is 13.0 Å². The summed E-state index contributed by atoms with van der Waals surface area (Å²) in [5.74, 6) is -0.161. The molecule has 0 aromatic rings. The first kappa shape index (κ1) is 4.59. The number of ether oxygens (including phenoxy) is 2. The van der Waals surface area contributed by atoms with Crippen molar-refractivity contribution in [3.8, 4) is 0 Å². The Bertz CT molecular complexity index is 71.0. The highest BCUT2D eigenvalue weighted by Gasteiger charge is 2.06. The van der Waals surface area contributed by atoms with Gasteiger partial charge in [-0.05, 0) is 0 Å². The second-order valence-electron chi connectivity index (χ2n) is 1.29. The van der Waals surface area contributed by atoms with Crippen molar-refractivity contribution in [1.82, 2.24) is 0 Å². The number of carbonyl (C=O) groups is 1. The van der Waals surface area contributed by atoms with Crippen LogP contribution >= 0.6 is 0 Å². The van der Waals surface area contributed by atoms with E-state index in [9.17, 15) is 4.79 Å². The zero-order chi connectivity index (χ0) is 5.11. The van der Waals surface area contributed by atoms with Crippen molar-refractivity contribution in [3.63, 3.8) is 0 Å². The fraction of sp³-hybridized carbons (Fsp3) is 0.750. The normalized spacial score (nSPS) is 21.4. The van der Waals surface area contributed by atoms with Gasteiger partial charge in [-0.15, -0.1) is 0 Å². The number of rotatable bonds is 0. The van der Waals surface area contributed by atoms with Crippen LogP contribution in [0.25, 0.3) is 0 Å². The molecule has 1 rings (SSSR count). The maximum absolute atomic E-state index is 10.2. The van der Waals surface area contributed by atoms with E-state index in [0.29, 0.717) is 13.0 Å². The molecular formula is C4H6O3. The summed E-state index contributed by atoms with van der Waals surface area (Å²) in [5.41, 5.74) is 0. The van der Waals surface area contributed by atoms with Crippen molar-refractivity contribution in [1.29, 1.82) is 0 Å². The Balaban J connectivity index is 2.25. The average molecular weight is 102 g/mol. The van der Waals surface area contributed by atoms with E-state index < -0.39 is 0 Å². The molecule has 0 bridgehead atoms. The van der Waals surface area contributed by atoms with Gasteiger partial charge in [0.15, 0.2) is 6.79 Å². The Labute approximate surface area is 41.2 Å². The van der Waals surface area contributed by atoms with Crippen LogP contribution in [0.2, 0.25) is 0 Å². The molecule has 0 radical (unpaired) electrons. The van der Waals surface area contributed by atoms with E-state index >= 15 is 0 Å². The third-order valence-corrected chi connectivity index (χ3v) is 0.754. The topological polar surface area (TPSA) is 35.5 Å². The average Bonchev–Trinajstić information content (AvgIpc) is 1.69. The van der Waals surface area contributed by atoms with Crippen LogP contribution in [0.4, 0.5) is 0 Å². The molecule has 0 aliphatic carbocycles. The predicted octanol–water partition coefficient (Wildman–Crippen LogP) is -0.0926. The number of cyclic esters (lactones) is 1. The van der Waals surface area contributed by atoms with Crippen molar-refractivity contribution in [2.45, 2.75) is 6.42 Å². The Morgan fingerprint density at radius 3 is 2.71 bits per heavy atom. The van der Waals surface area contributed by atoms with Gasteiger partial charge in [0.2, 0.25) is 0 Å². The molecule has 0 spiro atoms. The smallest absolute Gasteiger partial charge is 0.310 e. The first-order valence-electron chi connectivity index (χ1n) is 2.13. The summed E-state index contributed by atoms with van der Waals surface area (Å²) in [4.78, 5) is 10.2. The molecule has 0 unspecified atom stereocenters. The Morgan fingerprint density at radius 2 is 2.43 bits per heavy atom. The summed E-state index contributed by atoms with van der Waals surface area (Å²) < 4.78 is 9.11. The maximum Gasteiger partial charge on any atom is 0.310 e. The van der Waals surface area contributed by atoms with Gasteiger partial charge >= 0.3 is 5.97 Å². The van der Waals surface area contributed by atoms with E-state index in [1.807, 2.05) is 0 Å². The third kappa shape index (κ3) is 1.16. The van der Waals surface area contributed by atoms with Crippen LogP contribution in [0.15, 0.2) is 0 Å². The van der Waals surface area contributed by atoms with E-state index in [1.165, 1.54) is 0 Å². The zero-order valence-electron chi connectivity index (χ0n) is 3.85. The number of esters is 1. The summed E-state index contributed by atoms with van der Waals surface area (Å²) >= 11 is 0. The Hall–Kier alpha value is -0.570. The number of hydrogen-bond donors (Lipinski definition) is 0. The van der Waals surface area contributed by atoms with Gasteiger partial charge in [-0.25, -0.2) is 0 Å². The summed E-state index contributed by atoms with van der Waals surface area (Å²) in [6.45, 7) is 0.650. The molecule has 1 fully saturated rings. The quantitative estimate of drug-likeness (QED) is 0.401. The van der Waals surface area contributed by atoms with Gasteiger partial charge in [0.1, 0.15) is 0 Å². The van der Waals surface area contributed by atoms with Gasteiger partial charge in [-0.3, -0.25) is 4.79 Å². The highest BCUT2D eigenvalue weighted by Crippen LogP contribution is 1.94. The molecule has 7 heavy (non-hydrogen) atoms. The summed E-state index contributed by atoms with van der Waals surface area (Å²) in [7, 11) is 0. The molecule has 0 N–H and O–H groups in total. The lowest BCUT2D eigenvalue weighted by atomic mass is 10.5. The highest BCUT2D eigenvalue weighted by atomic mass is 16.7. The Kier molecular flexibility index (Phi) is 1.26. The molecule has 1 heterocycles. The molecule has 1 aliphatic heterocycles. The fourth-order valence-electron chi connectivity index (χ4n) is 0.394. The molecule has 0 aromatic heterocycles. The van der Waals surface area contributed by atoms with E-state index in [-0.39, 0.29) is 12.8 Å². The van der Waals surface area contributed by atoms with Crippen LogP contribution in [0.5, 0.6) is 0 Å². The lowest BCUT2D eigenvalue weighted by Gasteiger charge is -2.09. The van der Waals surface area contributed by atoms with Crippen LogP contribution in [-0.2, 0) is 14.3 Å². The molecule has 0 amide bonds. The van der Waals surface area contributed by atoms with Crippen LogP contribution in [0.1, 0.15) is 6.42 Å². The molecule has 3 heteroatoms. The van der Waals surface area contributed by atoms with Crippen molar-refractivity contribution in [2.24, 2.45) is 0 Å². The van der Waals surface area contributed by atoms with Crippen molar-refractivity contribution >= 4 is 5.97 Å². The summed E-state index contributed by atoms with van der Waals surface area (Å²) in [6.07, 6.45) is 0.403. The molecule has 0 aromatic carbocycles. The maximum atomic E-state index is 10.2. The first-order chi connectivity index (χ1) is 3.39. The molecular weight excluding hydrogens is 96.0 g/mol. The molecule has 1 saturated heterocycles. The standard InChI is InChI=1S/C4H6O3/c5-4-1-2-6-3-7-4/h1-3H2. The minimum atomic E-state index is -0.161. The lowest BCUT2D eigenvalue weighted by molar-refractivity contribution is -0.168. The van der Waals surface area contributed by atoms with Crippen LogP contribution < -0.4 is 0 Å². The first-order valence-corrected chi connectivity index (χ1v) is 2.13. The van der Waals surface area contributed by atoms with E-state index in [4.69, 9.17) is 4.74 Å². The largest absolute Gasteiger partial charge is 0.438 e.